The Morgan fingerprint density at radius 3 is 2.71 bits per heavy atom. The van der Waals surface area contributed by atoms with E-state index in [1.807, 2.05) is 0 Å². The van der Waals surface area contributed by atoms with Crippen molar-refractivity contribution in [1.82, 2.24) is 29.4 Å². The second-order valence-electron chi connectivity index (χ2n) is 7.89. The summed E-state index contributed by atoms with van der Waals surface area (Å²) < 4.78 is 60.2. The van der Waals surface area contributed by atoms with Gasteiger partial charge < -0.3 is 15.0 Å². The number of aromatic amines is 1. The van der Waals surface area contributed by atoms with Crippen LogP contribution in [0.4, 0.5) is 14.5 Å². The number of hydrogen-bond acceptors (Lipinski definition) is 8. The number of halogens is 2. The number of carbonyl (C=O) groups is 1. The summed E-state index contributed by atoms with van der Waals surface area (Å²) in [6.07, 6.45) is 6.86. The number of aromatic nitrogens is 6. The van der Waals surface area contributed by atoms with Crippen LogP contribution in [-0.4, -0.2) is 50.3 Å². The standard InChI is InChI=1S/C23H17F2N7O5S/c1-31-12-17(29-22(34)16-11-28-32-8-2-7-26-21(16)32)20(30-31)15-9-13(3-5-18(15)37-23(24)25)38(35,36)14-4-6-19(33)27-10-14/h2-12,23H,1H3,(H,27,33)(H,29,34). The van der Waals surface area contributed by atoms with Gasteiger partial charge in [0, 0.05) is 43.5 Å². The number of ether oxygens (including phenoxy) is 1. The highest BCUT2D eigenvalue weighted by Crippen LogP contribution is 2.37. The van der Waals surface area contributed by atoms with Gasteiger partial charge in [-0.2, -0.15) is 19.0 Å². The maximum Gasteiger partial charge on any atom is 0.387 e. The molecule has 1 amide bonds. The molecular formula is C23H17F2N7O5S. The van der Waals surface area contributed by atoms with Gasteiger partial charge in [-0.05, 0) is 30.3 Å². The normalized spacial score (nSPS) is 11.7. The summed E-state index contributed by atoms with van der Waals surface area (Å²) >= 11 is 0. The zero-order valence-electron chi connectivity index (χ0n) is 19.4. The number of nitrogens with zero attached hydrogens (tertiary/aromatic N) is 5. The van der Waals surface area contributed by atoms with Crippen molar-refractivity contribution in [2.75, 3.05) is 5.32 Å². The minimum Gasteiger partial charge on any atom is -0.434 e. The number of benzene rings is 1. The van der Waals surface area contributed by atoms with Crippen LogP contribution in [0.2, 0.25) is 0 Å². The Morgan fingerprint density at radius 1 is 1.18 bits per heavy atom. The van der Waals surface area contributed by atoms with Crippen molar-refractivity contribution in [3.05, 3.63) is 83.3 Å². The molecule has 2 N–H and O–H groups in total. The first kappa shape index (κ1) is 24.8. The Bertz CT molecular complexity index is 1830. The van der Waals surface area contributed by atoms with Crippen LogP contribution >= 0.6 is 0 Å². The molecule has 0 radical (unpaired) electrons. The van der Waals surface area contributed by atoms with E-state index in [2.05, 4.69) is 30.2 Å². The molecule has 5 rings (SSSR count). The predicted molar refractivity (Wildman–Crippen MR) is 129 cm³/mol. The number of nitrogens with one attached hydrogen (secondary N) is 2. The molecule has 15 heteroatoms. The third-order valence-electron chi connectivity index (χ3n) is 5.40. The van der Waals surface area contributed by atoms with E-state index in [0.717, 1.165) is 36.5 Å². The molecule has 0 unspecified atom stereocenters. The summed E-state index contributed by atoms with van der Waals surface area (Å²) in [5.41, 5.74) is -0.139. The van der Waals surface area contributed by atoms with Gasteiger partial charge in [0.2, 0.25) is 15.4 Å². The van der Waals surface area contributed by atoms with Gasteiger partial charge in [0.05, 0.1) is 21.7 Å². The van der Waals surface area contributed by atoms with Gasteiger partial charge in [0.15, 0.2) is 5.65 Å². The Labute approximate surface area is 212 Å². The van der Waals surface area contributed by atoms with Crippen molar-refractivity contribution < 1.29 is 26.7 Å². The lowest BCUT2D eigenvalue weighted by Gasteiger charge is -2.13. The number of sulfone groups is 1. The minimum atomic E-state index is -4.17. The van der Waals surface area contributed by atoms with Gasteiger partial charge in [0.1, 0.15) is 17.0 Å². The molecule has 1 aromatic carbocycles. The van der Waals surface area contributed by atoms with Gasteiger partial charge in [-0.1, -0.05) is 0 Å². The van der Waals surface area contributed by atoms with Crippen LogP contribution in [-0.2, 0) is 16.9 Å². The summed E-state index contributed by atoms with van der Waals surface area (Å²) in [7, 11) is -2.64. The Morgan fingerprint density at radius 2 is 1.97 bits per heavy atom. The van der Waals surface area contributed by atoms with Crippen molar-refractivity contribution >= 4 is 27.1 Å². The van der Waals surface area contributed by atoms with Crippen LogP contribution in [0.25, 0.3) is 16.9 Å². The molecule has 0 aliphatic heterocycles. The number of rotatable bonds is 7. The highest BCUT2D eigenvalue weighted by atomic mass is 32.2. The highest BCUT2D eigenvalue weighted by molar-refractivity contribution is 7.91. The van der Waals surface area contributed by atoms with E-state index in [4.69, 9.17) is 0 Å². The lowest BCUT2D eigenvalue weighted by atomic mass is 10.1. The van der Waals surface area contributed by atoms with E-state index in [-0.39, 0.29) is 43.7 Å². The van der Waals surface area contributed by atoms with Gasteiger partial charge in [-0.3, -0.25) is 14.3 Å². The molecule has 4 heterocycles. The van der Waals surface area contributed by atoms with E-state index < -0.39 is 27.9 Å². The maximum atomic E-state index is 13.2. The number of hydrogen-bond donors (Lipinski definition) is 2. The molecule has 0 aliphatic rings. The smallest absolute Gasteiger partial charge is 0.387 e. The fraction of sp³-hybridized carbons (Fsp3) is 0.0870. The maximum absolute atomic E-state index is 13.2. The van der Waals surface area contributed by atoms with Crippen molar-refractivity contribution in [3.8, 4) is 17.0 Å². The number of carbonyl (C=O) groups excluding carboxylic acids is 1. The molecule has 0 bridgehead atoms. The molecule has 0 fully saturated rings. The largest absolute Gasteiger partial charge is 0.434 e. The third-order valence-corrected chi connectivity index (χ3v) is 7.15. The van der Waals surface area contributed by atoms with Crippen LogP contribution in [0.1, 0.15) is 10.4 Å². The topological polar surface area (TPSA) is 153 Å². The molecule has 38 heavy (non-hydrogen) atoms. The molecule has 5 aromatic rings. The molecule has 0 atom stereocenters. The second kappa shape index (κ2) is 9.51. The van der Waals surface area contributed by atoms with Gasteiger partial charge in [0.25, 0.3) is 5.91 Å². The molecule has 0 aliphatic carbocycles. The van der Waals surface area contributed by atoms with Gasteiger partial charge >= 0.3 is 6.61 Å². The van der Waals surface area contributed by atoms with Crippen molar-refractivity contribution in [1.29, 1.82) is 0 Å². The molecule has 12 nitrogen and oxygen atoms in total. The predicted octanol–water partition coefficient (Wildman–Crippen LogP) is 2.50. The van der Waals surface area contributed by atoms with Crippen LogP contribution in [0.3, 0.4) is 0 Å². The van der Waals surface area contributed by atoms with Crippen molar-refractivity contribution in [2.24, 2.45) is 7.05 Å². The van der Waals surface area contributed by atoms with E-state index in [1.54, 1.807) is 12.3 Å². The Hall–Kier alpha value is -4.92. The zero-order chi connectivity index (χ0) is 27.0. The summed E-state index contributed by atoms with van der Waals surface area (Å²) in [6, 6.07) is 7.06. The second-order valence-corrected chi connectivity index (χ2v) is 9.84. The summed E-state index contributed by atoms with van der Waals surface area (Å²) in [5.74, 6) is -0.978. The highest BCUT2D eigenvalue weighted by Gasteiger charge is 2.25. The van der Waals surface area contributed by atoms with Crippen molar-refractivity contribution in [3.63, 3.8) is 0 Å². The van der Waals surface area contributed by atoms with Gasteiger partial charge in [-0.15, -0.1) is 0 Å². The zero-order valence-corrected chi connectivity index (χ0v) is 20.2. The quantitative estimate of drug-likeness (QED) is 0.319. The van der Waals surface area contributed by atoms with Crippen LogP contribution in [0, 0.1) is 0 Å². The fourth-order valence-corrected chi connectivity index (χ4v) is 4.97. The monoisotopic (exact) mass is 541 g/mol. The summed E-state index contributed by atoms with van der Waals surface area (Å²) in [6.45, 7) is -3.22. The SMILES string of the molecule is Cn1cc(NC(=O)c2cnn3cccnc23)c(-c2cc(S(=O)(=O)c3ccc(=O)[nH]c3)ccc2OC(F)F)n1. The third kappa shape index (κ3) is 4.61. The molecule has 0 saturated heterocycles. The molecule has 4 aromatic heterocycles. The number of pyridine rings is 1. The number of alkyl halides is 2. The fourth-order valence-electron chi connectivity index (χ4n) is 3.72. The van der Waals surface area contributed by atoms with Crippen molar-refractivity contribution in [2.45, 2.75) is 16.4 Å². The molecule has 194 valence electrons. The summed E-state index contributed by atoms with van der Waals surface area (Å²) in [4.78, 5) is 30.3. The molecule has 0 saturated carbocycles. The van der Waals surface area contributed by atoms with E-state index in [0.29, 0.717) is 0 Å². The average molecular weight is 541 g/mol. The molecular weight excluding hydrogens is 524 g/mol. The van der Waals surface area contributed by atoms with E-state index in [1.165, 1.54) is 34.8 Å². The minimum absolute atomic E-state index is 0.0283. The first-order valence-corrected chi connectivity index (χ1v) is 12.3. The van der Waals surface area contributed by atoms with E-state index >= 15 is 0 Å². The summed E-state index contributed by atoms with van der Waals surface area (Å²) in [5, 5.41) is 11.0. The van der Waals surface area contributed by atoms with Gasteiger partial charge in [-0.25, -0.2) is 17.9 Å². The molecule has 0 spiro atoms. The average Bonchev–Trinajstić information content (AvgIpc) is 3.47. The number of aryl methyl sites for hydroxylation is 1. The first-order chi connectivity index (χ1) is 18.1. The van der Waals surface area contributed by atoms with Crippen LogP contribution in [0.15, 0.2) is 82.0 Å². The lowest BCUT2D eigenvalue weighted by Crippen LogP contribution is -2.13. The Kier molecular flexibility index (Phi) is 6.20. The number of fused-ring (bicyclic) bond motifs is 1. The number of anilines is 1. The van der Waals surface area contributed by atoms with Crippen LogP contribution < -0.4 is 15.6 Å². The Balaban J connectivity index is 1.59. The number of amides is 1. The first-order valence-electron chi connectivity index (χ1n) is 10.8. The van der Waals surface area contributed by atoms with E-state index in [9.17, 15) is 26.8 Å². The lowest BCUT2D eigenvalue weighted by molar-refractivity contribution is -0.0494. The number of H-pyrrole nitrogens is 1. The van der Waals surface area contributed by atoms with Crippen LogP contribution in [0.5, 0.6) is 5.75 Å².